The molecule has 0 bridgehead atoms. The predicted molar refractivity (Wildman–Crippen MR) is 80.1 cm³/mol. The molecule has 21 heavy (non-hydrogen) atoms. The Morgan fingerprint density at radius 3 is 2.81 bits per heavy atom. The lowest BCUT2D eigenvalue weighted by Crippen LogP contribution is -1.99. The van der Waals surface area contributed by atoms with Gasteiger partial charge in [0.05, 0.1) is 10.5 Å². The third-order valence-corrected chi connectivity index (χ3v) is 3.03. The number of nitrogens with one attached hydrogen (secondary N) is 1. The Morgan fingerprint density at radius 2 is 2.10 bits per heavy atom. The highest BCUT2D eigenvalue weighted by atomic mass is 35.5. The summed E-state index contributed by atoms with van der Waals surface area (Å²) in [5.41, 5.74) is 1.82. The van der Waals surface area contributed by atoms with E-state index in [0.29, 0.717) is 17.3 Å². The van der Waals surface area contributed by atoms with Gasteiger partial charge < -0.3 is 10.1 Å². The number of carboxylic acids is 1. The third kappa shape index (κ3) is 3.29. The van der Waals surface area contributed by atoms with Crippen molar-refractivity contribution in [1.82, 2.24) is 20.2 Å². The SMILES string of the molecule is Cl.O=C(O)c1nnc(Cc2ccc3ncc(Cl)cc3c2)[nH]1. The number of hydrogen-bond donors (Lipinski definition) is 2. The molecule has 2 N–H and O–H groups in total. The van der Waals surface area contributed by atoms with Crippen molar-refractivity contribution in [3.63, 3.8) is 0 Å². The molecule has 8 heteroatoms. The zero-order valence-electron chi connectivity index (χ0n) is 10.6. The van der Waals surface area contributed by atoms with Crippen LogP contribution in [0.2, 0.25) is 5.02 Å². The van der Waals surface area contributed by atoms with Gasteiger partial charge in [-0.1, -0.05) is 17.7 Å². The summed E-state index contributed by atoms with van der Waals surface area (Å²) < 4.78 is 0. The van der Waals surface area contributed by atoms with Gasteiger partial charge in [-0.15, -0.1) is 22.6 Å². The Labute approximate surface area is 130 Å². The summed E-state index contributed by atoms with van der Waals surface area (Å²) in [5, 5.41) is 17.6. The molecular formula is C13H10Cl2N4O2. The fourth-order valence-electron chi connectivity index (χ4n) is 1.93. The van der Waals surface area contributed by atoms with E-state index in [1.165, 1.54) is 0 Å². The summed E-state index contributed by atoms with van der Waals surface area (Å²) in [5.74, 6) is -0.791. The van der Waals surface area contributed by atoms with E-state index in [0.717, 1.165) is 16.5 Å². The van der Waals surface area contributed by atoms with Gasteiger partial charge in [-0.05, 0) is 23.8 Å². The summed E-state index contributed by atoms with van der Waals surface area (Å²) in [4.78, 5) is 17.6. The molecule has 1 aromatic carbocycles. The molecule has 0 spiro atoms. The Kier molecular flexibility index (Phi) is 4.40. The summed E-state index contributed by atoms with van der Waals surface area (Å²) in [7, 11) is 0. The molecular weight excluding hydrogens is 315 g/mol. The fraction of sp³-hybridized carbons (Fsp3) is 0.0769. The minimum Gasteiger partial charge on any atom is -0.475 e. The van der Waals surface area contributed by atoms with Gasteiger partial charge >= 0.3 is 5.97 Å². The van der Waals surface area contributed by atoms with E-state index >= 15 is 0 Å². The van der Waals surface area contributed by atoms with Crippen molar-refractivity contribution in [3.05, 3.63) is 52.7 Å². The van der Waals surface area contributed by atoms with E-state index in [4.69, 9.17) is 16.7 Å². The van der Waals surface area contributed by atoms with Gasteiger partial charge in [0, 0.05) is 18.0 Å². The molecule has 0 aliphatic carbocycles. The average molecular weight is 325 g/mol. The Hall–Kier alpha value is -2.18. The molecule has 2 aromatic heterocycles. The lowest BCUT2D eigenvalue weighted by Gasteiger charge is -2.02. The summed E-state index contributed by atoms with van der Waals surface area (Å²) in [6.07, 6.45) is 2.06. The topological polar surface area (TPSA) is 91.8 Å². The van der Waals surface area contributed by atoms with Crippen molar-refractivity contribution < 1.29 is 9.90 Å². The van der Waals surface area contributed by atoms with Gasteiger partial charge in [0.1, 0.15) is 5.82 Å². The Bertz CT molecular complexity index is 804. The fourth-order valence-corrected chi connectivity index (χ4v) is 2.10. The lowest BCUT2D eigenvalue weighted by atomic mass is 10.1. The van der Waals surface area contributed by atoms with Crippen molar-refractivity contribution in [2.75, 3.05) is 0 Å². The summed E-state index contributed by atoms with van der Waals surface area (Å²) in [6.45, 7) is 0. The van der Waals surface area contributed by atoms with E-state index in [1.807, 2.05) is 24.3 Å². The van der Waals surface area contributed by atoms with Crippen LogP contribution in [-0.2, 0) is 6.42 Å². The first kappa shape index (κ1) is 15.2. The molecule has 108 valence electrons. The average Bonchev–Trinajstić information content (AvgIpc) is 2.87. The molecule has 0 atom stereocenters. The lowest BCUT2D eigenvalue weighted by molar-refractivity contribution is 0.0684. The zero-order valence-corrected chi connectivity index (χ0v) is 12.1. The van der Waals surface area contributed by atoms with Crippen LogP contribution in [0.4, 0.5) is 0 Å². The normalized spacial score (nSPS) is 10.3. The molecule has 0 saturated heterocycles. The molecule has 0 fully saturated rings. The van der Waals surface area contributed by atoms with Crippen LogP contribution < -0.4 is 0 Å². The maximum Gasteiger partial charge on any atom is 0.373 e. The quantitative estimate of drug-likeness (QED) is 0.772. The van der Waals surface area contributed by atoms with Crippen LogP contribution >= 0.6 is 24.0 Å². The molecule has 0 unspecified atom stereocenters. The third-order valence-electron chi connectivity index (χ3n) is 2.82. The first-order valence-corrected chi connectivity index (χ1v) is 6.18. The highest BCUT2D eigenvalue weighted by Crippen LogP contribution is 2.19. The van der Waals surface area contributed by atoms with Gasteiger partial charge in [-0.3, -0.25) is 4.98 Å². The molecule has 0 aliphatic heterocycles. The van der Waals surface area contributed by atoms with Gasteiger partial charge in [0.25, 0.3) is 0 Å². The standard InChI is InChI=1S/C13H9ClN4O2.ClH/c14-9-5-8-3-7(1-2-10(8)15-6-9)4-11-16-12(13(19)20)18-17-11;/h1-3,5-6H,4H2,(H,19,20)(H,16,17,18);1H. The molecule has 0 radical (unpaired) electrons. The van der Waals surface area contributed by atoms with Crippen molar-refractivity contribution in [1.29, 1.82) is 0 Å². The Balaban J connectivity index is 0.00000161. The van der Waals surface area contributed by atoms with Crippen LogP contribution in [0.1, 0.15) is 22.0 Å². The molecule has 3 aromatic rings. The number of carbonyl (C=O) groups is 1. The van der Waals surface area contributed by atoms with Gasteiger partial charge in [0.15, 0.2) is 0 Å². The van der Waals surface area contributed by atoms with Crippen LogP contribution in [0.15, 0.2) is 30.5 Å². The van der Waals surface area contributed by atoms with Crippen molar-refractivity contribution >= 4 is 40.9 Å². The van der Waals surface area contributed by atoms with E-state index in [-0.39, 0.29) is 18.2 Å². The number of halogens is 2. The van der Waals surface area contributed by atoms with E-state index in [2.05, 4.69) is 20.2 Å². The number of benzene rings is 1. The Morgan fingerprint density at radius 1 is 1.29 bits per heavy atom. The van der Waals surface area contributed by atoms with Crippen LogP contribution in [0.3, 0.4) is 0 Å². The van der Waals surface area contributed by atoms with Crippen LogP contribution in [0.25, 0.3) is 10.9 Å². The first-order valence-electron chi connectivity index (χ1n) is 5.81. The molecule has 0 aliphatic rings. The van der Waals surface area contributed by atoms with E-state index in [1.54, 1.807) is 6.20 Å². The number of carboxylic acid groups (broad SMARTS) is 1. The molecule has 6 nitrogen and oxygen atoms in total. The minimum absolute atomic E-state index is 0. The van der Waals surface area contributed by atoms with Crippen molar-refractivity contribution in [3.8, 4) is 0 Å². The number of fused-ring (bicyclic) bond motifs is 1. The van der Waals surface area contributed by atoms with Gasteiger partial charge in [0.2, 0.25) is 5.82 Å². The monoisotopic (exact) mass is 324 g/mol. The van der Waals surface area contributed by atoms with Crippen LogP contribution in [0.5, 0.6) is 0 Å². The van der Waals surface area contributed by atoms with Crippen LogP contribution in [0, 0.1) is 0 Å². The molecule has 2 heterocycles. The number of hydrogen-bond acceptors (Lipinski definition) is 4. The molecule has 3 rings (SSSR count). The predicted octanol–water partition coefficient (Wildman–Crippen LogP) is 2.72. The maximum atomic E-state index is 10.7. The number of rotatable bonds is 3. The number of H-pyrrole nitrogens is 1. The second-order valence-electron chi connectivity index (χ2n) is 4.28. The summed E-state index contributed by atoms with van der Waals surface area (Å²) >= 11 is 5.91. The minimum atomic E-state index is -1.13. The van der Waals surface area contributed by atoms with Crippen molar-refractivity contribution in [2.45, 2.75) is 6.42 Å². The highest BCUT2D eigenvalue weighted by Gasteiger charge is 2.10. The maximum absolute atomic E-state index is 10.7. The molecule has 0 saturated carbocycles. The van der Waals surface area contributed by atoms with E-state index in [9.17, 15) is 4.79 Å². The largest absolute Gasteiger partial charge is 0.475 e. The second kappa shape index (κ2) is 6.07. The second-order valence-corrected chi connectivity index (χ2v) is 4.72. The number of pyridine rings is 1. The highest BCUT2D eigenvalue weighted by molar-refractivity contribution is 6.31. The smallest absolute Gasteiger partial charge is 0.373 e. The van der Waals surface area contributed by atoms with Crippen molar-refractivity contribution in [2.24, 2.45) is 0 Å². The number of aromatic nitrogens is 4. The molecule has 0 amide bonds. The van der Waals surface area contributed by atoms with Gasteiger partial charge in [-0.2, -0.15) is 0 Å². The van der Waals surface area contributed by atoms with E-state index < -0.39 is 5.97 Å². The zero-order chi connectivity index (χ0) is 14.1. The van der Waals surface area contributed by atoms with Crippen LogP contribution in [-0.4, -0.2) is 31.2 Å². The number of nitrogens with zero attached hydrogens (tertiary/aromatic N) is 3. The number of aromatic amines is 1. The number of aromatic carboxylic acids is 1. The van der Waals surface area contributed by atoms with Gasteiger partial charge in [-0.25, -0.2) is 4.79 Å². The first-order chi connectivity index (χ1) is 9.61. The summed E-state index contributed by atoms with van der Waals surface area (Å²) in [6, 6.07) is 7.56.